The van der Waals surface area contributed by atoms with Crippen molar-refractivity contribution in [3.63, 3.8) is 0 Å². The molecule has 11 heteroatoms. The second-order valence-electron chi connectivity index (χ2n) is 3.18. The number of alkyl carbamates (subject to hydrolysis) is 1. The average Bonchev–Trinajstić information content (AvgIpc) is 2.37. The van der Waals surface area contributed by atoms with Gasteiger partial charge in [0.05, 0.1) is 0 Å². The molecule has 8 nitrogen and oxygen atoms in total. The second-order valence-corrected chi connectivity index (χ2v) is 7.11. The quantitative estimate of drug-likeness (QED) is 0.271. The summed E-state index contributed by atoms with van der Waals surface area (Å²) in [6.07, 6.45) is -0.212. The first kappa shape index (κ1) is 21.8. The summed E-state index contributed by atoms with van der Waals surface area (Å²) in [7, 11) is 1.90. The van der Waals surface area contributed by atoms with Crippen molar-refractivity contribution in [2.75, 3.05) is 33.8 Å². The fourth-order valence-corrected chi connectivity index (χ4v) is 3.13. The Bertz CT molecular complexity index is 272. The van der Waals surface area contributed by atoms with Gasteiger partial charge in [-0.3, -0.25) is 4.21 Å². The smallest absolute Gasteiger partial charge is 0.770 e. The molecule has 0 saturated heterocycles. The summed E-state index contributed by atoms with van der Waals surface area (Å²) in [6, 6.07) is 0.532. The van der Waals surface area contributed by atoms with Gasteiger partial charge in [0.1, 0.15) is 0 Å². The van der Waals surface area contributed by atoms with E-state index in [-0.39, 0.29) is 29.6 Å². The predicted octanol–water partition coefficient (Wildman–Crippen LogP) is -3.18. The average molecular weight is 323 g/mol. The van der Waals surface area contributed by atoms with Crippen LogP contribution in [0.3, 0.4) is 0 Å². The summed E-state index contributed by atoms with van der Waals surface area (Å²) < 4.78 is 40.2. The molecule has 19 heavy (non-hydrogen) atoms. The van der Waals surface area contributed by atoms with Crippen molar-refractivity contribution < 1.29 is 61.1 Å². The Balaban J connectivity index is 0. The minimum atomic E-state index is -2.62. The normalized spacial score (nSPS) is 12.4. The zero-order valence-electron chi connectivity index (χ0n) is 11.6. The van der Waals surface area contributed by atoms with Crippen molar-refractivity contribution in [2.45, 2.75) is 12.5 Å². The molecule has 0 fully saturated rings. The summed E-state index contributed by atoms with van der Waals surface area (Å²) in [5.74, 6) is -0.654. The van der Waals surface area contributed by atoms with E-state index in [1.54, 1.807) is 0 Å². The largest absolute Gasteiger partial charge is 1.00 e. The van der Waals surface area contributed by atoms with Crippen LogP contribution < -0.4 is 34.9 Å². The number of nitrogens with one attached hydrogen (secondary N) is 1. The van der Waals surface area contributed by atoms with Gasteiger partial charge < -0.3 is 27.9 Å². The van der Waals surface area contributed by atoms with E-state index in [1.165, 1.54) is 21.3 Å². The van der Waals surface area contributed by atoms with Crippen LogP contribution >= 0.6 is 0 Å². The van der Waals surface area contributed by atoms with Gasteiger partial charge in [-0.15, -0.1) is 0 Å². The summed E-state index contributed by atoms with van der Waals surface area (Å²) in [6.45, 7) is 0.315. The van der Waals surface area contributed by atoms with Gasteiger partial charge in [0.15, 0.2) is 5.94 Å². The second kappa shape index (κ2) is 12.2. The van der Waals surface area contributed by atoms with Gasteiger partial charge in [0, 0.05) is 33.9 Å². The van der Waals surface area contributed by atoms with Gasteiger partial charge in [-0.25, -0.2) is 4.79 Å². The van der Waals surface area contributed by atoms with E-state index < -0.39 is 31.9 Å². The van der Waals surface area contributed by atoms with Gasteiger partial charge >= 0.3 is 44.5 Å². The fourth-order valence-electron chi connectivity index (χ4n) is 1.20. The summed E-state index contributed by atoms with van der Waals surface area (Å²) in [5.41, 5.74) is 0. The molecule has 0 heterocycles. The van der Waals surface area contributed by atoms with Crippen LogP contribution in [-0.2, 0) is 29.1 Å². The molecule has 0 aliphatic heterocycles. The Morgan fingerprint density at radius 1 is 1.26 bits per heavy atom. The van der Waals surface area contributed by atoms with Crippen LogP contribution in [0.15, 0.2) is 0 Å². The first-order chi connectivity index (χ1) is 8.49. The van der Waals surface area contributed by atoms with Gasteiger partial charge in [-0.2, -0.15) is 0 Å². The molecule has 108 valence electrons. The molecule has 0 radical (unpaired) electrons. The van der Waals surface area contributed by atoms with Crippen molar-refractivity contribution in [3.8, 4) is 0 Å². The van der Waals surface area contributed by atoms with Crippen molar-refractivity contribution in [3.05, 3.63) is 0 Å². The van der Waals surface area contributed by atoms with Crippen LogP contribution in [0.4, 0.5) is 4.79 Å². The van der Waals surface area contributed by atoms with Gasteiger partial charge in [-0.05, 0) is 17.5 Å². The van der Waals surface area contributed by atoms with Crippen LogP contribution in [-0.4, -0.2) is 57.5 Å². The molecular formula is C8H18NNaO7SSi. The number of rotatable bonds is 9. The molecule has 0 aromatic heterocycles. The Labute approximate surface area is 138 Å². The Hall–Kier alpha value is 0.477. The molecule has 0 rings (SSSR count). The van der Waals surface area contributed by atoms with Crippen LogP contribution in [0.2, 0.25) is 6.04 Å². The number of hydrogen-bond donors (Lipinski definition) is 1. The maximum absolute atomic E-state index is 11.0. The number of ether oxygens (including phenoxy) is 1. The Morgan fingerprint density at radius 2 is 1.79 bits per heavy atom. The van der Waals surface area contributed by atoms with Crippen molar-refractivity contribution in [2.24, 2.45) is 0 Å². The van der Waals surface area contributed by atoms with E-state index in [4.69, 9.17) is 13.3 Å². The summed E-state index contributed by atoms with van der Waals surface area (Å²) in [5, 5.41) is 2.40. The van der Waals surface area contributed by atoms with Crippen molar-refractivity contribution >= 4 is 26.0 Å². The van der Waals surface area contributed by atoms with E-state index in [9.17, 15) is 13.6 Å². The van der Waals surface area contributed by atoms with Crippen LogP contribution in [0.25, 0.3) is 0 Å². The molecular weight excluding hydrogens is 305 g/mol. The Kier molecular flexibility index (Phi) is 14.0. The number of amides is 1. The molecule has 0 aromatic rings. The standard InChI is InChI=1S/C8H19NO7SSi.Na/c1-13-18(14-2,15-3)6-4-5-9-8(10)16-7-17(11)12;/h4-7H2,1-3H3,(H,9,10)(H,11,12);/q;+1/p-1. The third kappa shape index (κ3) is 9.93. The first-order valence-electron chi connectivity index (χ1n) is 5.11. The maximum Gasteiger partial charge on any atom is 1.00 e. The topological polar surface area (TPSA) is 106 Å². The molecule has 0 saturated carbocycles. The zero-order chi connectivity index (χ0) is 14.0. The number of carbonyl (C=O) groups excluding carboxylic acids is 1. The van der Waals surface area contributed by atoms with Crippen molar-refractivity contribution in [1.29, 1.82) is 0 Å². The van der Waals surface area contributed by atoms with Crippen LogP contribution in [0.1, 0.15) is 6.42 Å². The Morgan fingerprint density at radius 3 is 2.21 bits per heavy atom. The number of hydrogen-bond acceptors (Lipinski definition) is 7. The summed E-state index contributed by atoms with van der Waals surface area (Å²) in [4.78, 5) is 11.0. The monoisotopic (exact) mass is 323 g/mol. The van der Waals surface area contributed by atoms with Crippen molar-refractivity contribution in [1.82, 2.24) is 5.32 Å². The predicted molar refractivity (Wildman–Crippen MR) is 64.5 cm³/mol. The molecule has 1 amide bonds. The summed E-state index contributed by atoms with van der Waals surface area (Å²) >= 11 is -2.40. The van der Waals surface area contributed by atoms with E-state index in [2.05, 4.69) is 10.1 Å². The molecule has 0 bridgehead atoms. The maximum atomic E-state index is 11.0. The molecule has 1 N–H and O–H groups in total. The minimum Gasteiger partial charge on any atom is -0.770 e. The van der Waals surface area contributed by atoms with Gasteiger partial charge in [0.2, 0.25) is 0 Å². The van der Waals surface area contributed by atoms with Crippen LogP contribution in [0, 0.1) is 0 Å². The molecule has 1 atom stereocenters. The van der Waals surface area contributed by atoms with E-state index in [1.807, 2.05) is 0 Å². The molecule has 0 spiro atoms. The number of carbonyl (C=O) groups is 1. The van der Waals surface area contributed by atoms with Crippen LogP contribution in [0.5, 0.6) is 0 Å². The molecule has 0 aromatic carbocycles. The first-order valence-corrected chi connectivity index (χ1v) is 8.29. The molecule has 1 unspecified atom stereocenters. The van der Waals surface area contributed by atoms with Gasteiger partial charge in [0.25, 0.3) is 0 Å². The third-order valence-electron chi connectivity index (χ3n) is 2.15. The molecule has 0 aliphatic carbocycles. The minimum absolute atomic E-state index is 0. The van der Waals surface area contributed by atoms with Gasteiger partial charge in [-0.1, -0.05) is 0 Å². The fraction of sp³-hybridized carbons (Fsp3) is 0.875. The zero-order valence-corrected chi connectivity index (χ0v) is 15.4. The van der Waals surface area contributed by atoms with E-state index in [0.717, 1.165) is 0 Å². The SMILES string of the molecule is CO[Si](CCCNC(=O)OCS(=O)[O-])(OC)OC.[Na+]. The van der Waals surface area contributed by atoms with E-state index in [0.29, 0.717) is 19.0 Å². The molecule has 0 aliphatic rings. The third-order valence-corrected chi connectivity index (χ3v) is 5.29. The van der Waals surface area contributed by atoms with E-state index >= 15 is 0 Å².